The van der Waals surface area contributed by atoms with Gasteiger partial charge < -0.3 is 25.2 Å². The summed E-state index contributed by atoms with van der Waals surface area (Å²) in [6.07, 6.45) is 6.95. The summed E-state index contributed by atoms with van der Waals surface area (Å²) in [6.45, 7) is 2.30. The first-order valence-corrected chi connectivity index (χ1v) is 13.5. The quantitative estimate of drug-likeness (QED) is 0.242. The zero-order valence-corrected chi connectivity index (χ0v) is 20.7. The van der Waals surface area contributed by atoms with Crippen molar-refractivity contribution in [3.63, 3.8) is 0 Å². The van der Waals surface area contributed by atoms with Crippen LogP contribution in [0.3, 0.4) is 0 Å². The summed E-state index contributed by atoms with van der Waals surface area (Å²) >= 11 is 1.59. The van der Waals surface area contributed by atoms with E-state index >= 15 is 0 Å². The van der Waals surface area contributed by atoms with E-state index in [-0.39, 0.29) is 23.9 Å². The monoisotopic (exact) mass is 482 g/mol. The number of ether oxygens (including phenoxy) is 1. The smallest absolute Gasteiger partial charge is 0.309 e. The van der Waals surface area contributed by atoms with Crippen LogP contribution in [-0.4, -0.2) is 62.3 Å². The van der Waals surface area contributed by atoms with Gasteiger partial charge in [-0.25, -0.2) is 0 Å². The van der Waals surface area contributed by atoms with Gasteiger partial charge in [0, 0.05) is 17.4 Å². The van der Waals surface area contributed by atoms with Gasteiger partial charge in [0.2, 0.25) is 0 Å². The molecule has 0 aliphatic heterocycles. The fourth-order valence-electron chi connectivity index (χ4n) is 4.53. The second-order valence-corrected chi connectivity index (χ2v) is 10.5. The molecule has 1 aromatic carbocycles. The Kier molecular flexibility index (Phi) is 13.2. The summed E-state index contributed by atoms with van der Waals surface area (Å²) in [5.74, 6) is -0.0898. The minimum Gasteiger partial charge on any atom is -0.493 e. The minimum absolute atomic E-state index is 0.0181. The number of hydrogen-bond acceptors (Lipinski definition) is 6. The van der Waals surface area contributed by atoms with Gasteiger partial charge >= 0.3 is 5.97 Å². The first-order valence-electron chi connectivity index (χ1n) is 12.5. The van der Waals surface area contributed by atoms with Crippen molar-refractivity contribution in [1.29, 1.82) is 0 Å². The molecule has 33 heavy (non-hydrogen) atoms. The van der Waals surface area contributed by atoms with Gasteiger partial charge in [-0.05, 0) is 37.3 Å². The Balaban J connectivity index is 1.69. The molecular formula is C26H42O6S. The number of unbranched alkanes of at least 4 members (excludes halogenated alkanes) is 4. The van der Waals surface area contributed by atoms with Crippen LogP contribution in [0.5, 0.6) is 5.75 Å². The highest BCUT2D eigenvalue weighted by atomic mass is 32.2. The third kappa shape index (κ3) is 10.3. The molecule has 2 rings (SSSR count). The van der Waals surface area contributed by atoms with Crippen LogP contribution in [0.1, 0.15) is 71.1 Å². The van der Waals surface area contributed by atoms with E-state index in [9.17, 15) is 25.2 Å². The topological polar surface area (TPSA) is 107 Å². The van der Waals surface area contributed by atoms with Crippen molar-refractivity contribution in [3.8, 4) is 5.75 Å². The van der Waals surface area contributed by atoms with Crippen LogP contribution in [0.4, 0.5) is 0 Å². The zero-order valence-electron chi connectivity index (χ0n) is 19.8. The molecule has 6 nitrogen and oxygen atoms in total. The van der Waals surface area contributed by atoms with Crippen molar-refractivity contribution in [2.45, 2.75) is 94.7 Å². The maximum Gasteiger partial charge on any atom is 0.309 e. The zero-order chi connectivity index (χ0) is 24.1. The second kappa shape index (κ2) is 15.6. The van der Waals surface area contributed by atoms with E-state index in [2.05, 4.69) is 6.92 Å². The Morgan fingerprint density at radius 1 is 1.06 bits per heavy atom. The maximum atomic E-state index is 11.6. The normalized spacial score (nSPS) is 24.5. The molecule has 0 saturated heterocycles. The number of hydrogen-bond donors (Lipinski definition) is 4. The average Bonchev–Trinajstić information content (AvgIpc) is 3.06. The molecule has 0 bridgehead atoms. The summed E-state index contributed by atoms with van der Waals surface area (Å²) in [6, 6.07) is 9.24. The van der Waals surface area contributed by atoms with Gasteiger partial charge in [0.25, 0.3) is 0 Å². The molecule has 188 valence electrons. The molecule has 0 aromatic heterocycles. The molecule has 0 radical (unpaired) electrons. The van der Waals surface area contributed by atoms with Crippen LogP contribution < -0.4 is 4.74 Å². The molecule has 4 N–H and O–H groups in total. The molecule has 1 aliphatic rings. The average molecular weight is 483 g/mol. The highest BCUT2D eigenvalue weighted by molar-refractivity contribution is 8.00. The fourth-order valence-corrected chi connectivity index (χ4v) is 6.04. The number of aliphatic carboxylic acids is 1. The number of aliphatic hydroxyl groups excluding tert-OH is 3. The molecule has 1 aromatic rings. The first-order chi connectivity index (χ1) is 15.9. The van der Waals surface area contributed by atoms with Gasteiger partial charge in [0.1, 0.15) is 12.4 Å². The number of carboxylic acid groups (broad SMARTS) is 1. The molecule has 1 fully saturated rings. The largest absolute Gasteiger partial charge is 0.493 e. The molecule has 0 amide bonds. The molecule has 1 saturated carbocycles. The van der Waals surface area contributed by atoms with E-state index in [1.54, 1.807) is 11.8 Å². The first kappa shape index (κ1) is 28.0. The third-order valence-corrected chi connectivity index (χ3v) is 8.16. The van der Waals surface area contributed by atoms with E-state index in [0.717, 1.165) is 51.4 Å². The number of rotatable bonds is 17. The molecule has 6 atom stereocenters. The molecule has 0 heterocycles. The number of aliphatic hydroxyl groups is 3. The van der Waals surface area contributed by atoms with E-state index in [4.69, 9.17) is 4.74 Å². The van der Waals surface area contributed by atoms with Gasteiger partial charge in [0.05, 0.1) is 24.2 Å². The van der Waals surface area contributed by atoms with Crippen LogP contribution in [0.15, 0.2) is 30.3 Å². The molecular weight excluding hydrogens is 440 g/mol. The lowest BCUT2D eigenvalue weighted by Crippen LogP contribution is -2.27. The molecule has 1 aliphatic carbocycles. The molecule has 0 spiro atoms. The summed E-state index contributed by atoms with van der Waals surface area (Å²) < 4.78 is 5.62. The number of benzene rings is 1. The lowest BCUT2D eigenvalue weighted by molar-refractivity contribution is -0.143. The fraction of sp³-hybridized carbons (Fsp3) is 0.731. The highest BCUT2D eigenvalue weighted by Crippen LogP contribution is 2.39. The van der Waals surface area contributed by atoms with Gasteiger partial charge in [-0.15, -0.1) is 0 Å². The van der Waals surface area contributed by atoms with Crippen molar-refractivity contribution in [2.75, 3.05) is 12.4 Å². The van der Waals surface area contributed by atoms with Crippen molar-refractivity contribution >= 4 is 17.7 Å². The summed E-state index contributed by atoms with van der Waals surface area (Å²) in [5, 5.41) is 40.5. The lowest BCUT2D eigenvalue weighted by Gasteiger charge is -2.24. The van der Waals surface area contributed by atoms with Crippen molar-refractivity contribution in [3.05, 3.63) is 30.3 Å². The number of carboxylic acids is 1. The highest BCUT2D eigenvalue weighted by Gasteiger charge is 2.41. The SMILES string of the molecule is CCCCCC(O)CS[C@H]1C(O)CC(O)[C@@H]1CCCCCC(COc1ccccc1)C(=O)O. The minimum atomic E-state index is -0.839. The van der Waals surface area contributed by atoms with Gasteiger partial charge in [-0.1, -0.05) is 63.6 Å². The molecule has 7 heteroatoms. The Bertz CT molecular complexity index is 657. The number of thioether (sulfide) groups is 1. The Morgan fingerprint density at radius 3 is 2.48 bits per heavy atom. The van der Waals surface area contributed by atoms with Crippen LogP contribution in [0.2, 0.25) is 0 Å². The van der Waals surface area contributed by atoms with Crippen molar-refractivity contribution < 1.29 is 30.0 Å². The van der Waals surface area contributed by atoms with Gasteiger partial charge in [-0.2, -0.15) is 11.8 Å². The predicted octanol–water partition coefficient (Wildman–Crippen LogP) is 4.50. The van der Waals surface area contributed by atoms with Crippen LogP contribution in [-0.2, 0) is 4.79 Å². The Labute approximate surface area is 202 Å². The van der Waals surface area contributed by atoms with E-state index in [1.807, 2.05) is 30.3 Å². The molecule has 4 unspecified atom stereocenters. The van der Waals surface area contributed by atoms with E-state index < -0.39 is 24.1 Å². The Morgan fingerprint density at radius 2 is 1.79 bits per heavy atom. The van der Waals surface area contributed by atoms with E-state index in [1.165, 1.54) is 0 Å². The number of carbonyl (C=O) groups is 1. The van der Waals surface area contributed by atoms with Crippen molar-refractivity contribution in [1.82, 2.24) is 0 Å². The second-order valence-electron chi connectivity index (χ2n) is 9.28. The van der Waals surface area contributed by atoms with Crippen LogP contribution in [0.25, 0.3) is 0 Å². The third-order valence-electron chi connectivity index (χ3n) is 6.53. The Hall–Kier alpha value is -1.28. The van der Waals surface area contributed by atoms with Gasteiger partial charge in [0.15, 0.2) is 0 Å². The summed E-state index contributed by atoms with van der Waals surface area (Å²) in [5.41, 5.74) is 0. The maximum absolute atomic E-state index is 11.6. The van der Waals surface area contributed by atoms with Crippen molar-refractivity contribution in [2.24, 2.45) is 11.8 Å². The predicted molar refractivity (Wildman–Crippen MR) is 133 cm³/mol. The van der Waals surface area contributed by atoms with Crippen LogP contribution >= 0.6 is 11.8 Å². The van der Waals surface area contributed by atoms with Gasteiger partial charge in [-0.3, -0.25) is 4.79 Å². The standard InChI is InChI=1S/C26H42O6S/c1-2-3-6-12-20(27)18-33-25-22(23(28)16-24(25)29)15-10-4-7-11-19(26(30)31)17-32-21-13-8-5-9-14-21/h5,8-9,13-14,19-20,22-25,27-29H,2-4,6-7,10-12,15-18H2,1H3,(H,30,31)/t19?,20?,22-,23?,24?,25+/m0/s1. The number of para-hydroxylation sites is 1. The van der Waals surface area contributed by atoms with Crippen LogP contribution in [0, 0.1) is 11.8 Å². The lowest BCUT2D eigenvalue weighted by atomic mass is 9.95. The van der Waals surface area contributed by atoms with E-state index in [0.29, 0.717) is 24.3 Å². The summed E-state index contributed by atoms with van der Waals surface area (Å²) in [7, 11) is 0. The summed E-state index contributed by atoms with van der Waals surface area (Å²) in [4.78, 5) is 11.6.